The molecule has 1 saturated heterocycles. The summed E-state index contributed by atoms with van der Waals surface area (Å²) in [7, 11) is 0. The number of hydrogen-bond acceptors (Lipinski definition) is 3. The highest BCUT2D eigenvalue weighted by Crippen LogP contribution is 2.20. The first-order valence-corrected chi connectivity index (χ1v) is 7.20. The van der Waals surface area contributed by atoms with Crippen LogP contribution in [-0.2, 0) is 0 Å². The summed E-state index contributed by atoms with van der Waals surface area (Å²) in [6.07, 6.45) is 2.73. The van der Waals surface area contributed by atoms with Crippen molar-refractivity contribution in [1.82, 2.24) is 10.2 Å². The molecule has 0 aromatic carbocycles. The van der Waals surface area contributed by atoms with Crippen LogP contribution in [0.25, 0.3) is 0 Å². The molecule has 90 valence electrons. The van der Waals surface area contributed by atoms with Crippen molar-refractivity contribution in [3.63, 3.8) is 0 Å². The first kappa shape index (κ1) is 12.1. The highest BCUT2D eigenvalue weighted by Gasteiger charge is 2.22. The molecule has 1 N–H and O–H groups in total. The summed E-state index contributed by atoms with van der Waals surface area (Å²) in [5, 5.41) is 5.81. The monoisotopic (exact) mass is 238 g/mol. The minimum atomic E-state index is 0.499. The van der Waals surface area contributed by atoms with Gasteiger partial charge in [-0.05, 0) is 44.3 Å². The summed E-state index contributed by atoms with van der Waals surface area (Å²) in [5.74, 6) is 0. The van der Waals surface area contributed by atoms with E-state index in [1.807, 2.05) is 11.3 Å². The topological polar surface area (TPSA) is 15.3 Å². The van der Waals surface area contributed by atoms with Gasteiger partial charge in [-0.15, -0.1) is 11.3 Å². The molecular formula is C13H22N2S. The van der Waals surface area contributed by atoms with Crippen molar-refractivity contribution in [3.8, 4) is 0 Å². The smallest absolute Gasteiger partial charge is 0.0386 e. The van der Waals surface area contributed by atoms with Gasteiger partial charge in [-0.2, -0.15) is 0 Å². The van der Waals surface area contributed by atoms with Gasteiger partial charge < -0.3 is 5.32 Å². The van der Waals surface area contributed by atoms with E-state index in [0.29, 0.717) is 6.04 Å². The number of likely N-dealkylation sites (N-methyl/N-ethyl adjacent to an activating group) is 1. The van der Waals surface area contributed by atoms with Crippen LogP contribution in [0.5, 0.6) is 0 Å². The van der Waals surface area contributed by atoms with Crippen molar-refractivity contribution in [2.24, 2.45) is 0 Å². The Morgan fingerprint density at radius 1 is 1.62 bits per heavy atom. The highest BCUT2D eigenvalue weighted by atomic mass is 32.1. The van der Waals surface area contributed by atoms with E-state index < -0.39 is 0 Å². The van der Waals surface area contributed by atoms with Crippen molar-refractivity contribution in [3.05, 3.63) is 22.4 Å². The summed E-state index contributed by atoms with van der Waals surface area (Å²) >= 11 is 1.84. The molecule has 16 heavy (non-hydrogen) atoms. The van der Waals surface area contributed by atoms with Crippen molar-refractivity contribution >= 4 is 11.3 Å². The molecule has 0 saturated carbocycles. The standard InChI is InChI=1S/C13H22N2S/c1-3-15-8-4-6-12(15)10-14-11(2)13-7-5-9-16-13/h5,7,9,11-12,14H,3-4,6,8,10H2,1-2H3. The van der Waals surface area contributed by atoms with Gasteiger partial charge in [0.15, 0.2) is 0 Å². The molecule has 0 amide bonds. The van der Waals surface area contributed by atoms with E-state index in [9.17, 15) is 0 Å². The zero-order chi connectivity index (χ0) is 11.4. The zero-order valence-electron chi connectivity index (χ0n) is 10.3. The molecule has 1 aliphatic rings. The van der Waals surface area contributed by atoms with Crippen molar-refractivity contribution in [2.45, 2.75) is 38.8 Å². The third kappa shape index (κ3) is 2.84. The second-order valence-electron chi connectivity index (χ2n) is 4.57. The van der Waals surface area contributed by atoms with Crippen LogP contribution in [0.3, 0.4) is 0 Å². The molecule has 2 atom stereocenters. The fourth-order valence-electron chi connectivity index (χ4n) is 2.49. The summed E-state index contributed by atoms with van der Waals surface area (Å²) in [4.78, 5) is 4.04. The molecule has 1 aromatic heterocycles. The van der Waals surface area contributed by atoms with Gasteiger partial charge in [-0.1, -0.05) is 13.0 Å². The van der Waals surface area contributed by atoms with Crippen LogP contribution >= 0.6 is 11.3 Å². The van der Waals surface area contributed by atoms with Crippen molar-refractivity contribution in [2.75, 3.05) is 19.6 Å². The molecule has 2 nitrogen and oxygen atoms in total. The Labute approximate surface area is 103 Å². The third-order valence-corrected chi connectivity index (χ3v) is 4.59. The average molecular weight is 238 g/mol. The van der Waals surface area contributed by atoms with Crippen molar-refractivity contribution in [1.29, 1.82) is 0 Å². The SMILES string of the molecule is CCN1CCCC1CNC(C)c1cccs1. The number of thiophene rings is 1. The van der Waals surface area contributed by atoms with Gasteiger partial charge in [0.05, 0.1) is 0 Å². The fraction of sp³-hybridized carbons (Fsp3) is 0.692. The molecule has 2 rings (SSSR count). The van der Waals surface area contributed by atoms with Crippen LogP contribution in [0, 0.1) is 0 Å². The molecule has 0 radical (unpaired) electrons. The van der Waals surface area contributed by atoms with Crippen LogP contribution in [0.4, 0.5) is 0 Å². The van der Waals surface area contributed by atoms with E-state index in [2.05, 4.69) is 41.6 Å². The predicted octanol–water partition coefficient (Wildman–Crippen LogP) is 2.88. The summed E-state index contributed by atoms with van der Waals surface area (Å²) in [6.45, 7) is 8.14. The number of hydrogen-bond donors (Lipinski definition) is 1. The third-order valence-electron chi connectivity index (χ3n) is 3.53. The molecule has 2 unspecified atom stereocenters. The van der Waals surface area contributed by atoms with E-state index in [4.69, 9.17) is 0 Å². The lowest BCUT2D eigenvalue weighted by atomic mass is 10.2. The molecule has 1 aliphatic heterocycles. The number of rotatable bonds is 5. The van der Waals surface area contributed by atoms with E-state index >= 15 is 0 Å². The normalized spacial score (nSPS) is 23.8. The van der Waals surface area contributed by atoms with E-state index in [-0.39, 0.29) is 0 Å². The van der Waals surface area contributed by atoms with Gasteiger partial charge in [0.1, 0.15) is 0 Å². The Hall–Kier alpha value is -0.380. The summed E-state index contributed by atoms with van der Waals surface area (Å²) in [5.41, 5.74) is 0. The lowest BCUT2D eigenvalue weighted by molar-refractivity contribution is 0.255. The Morgan fingerprint density at radius 2 is 2.50 bits per heavy atom. The maximum atomic E-state index is 3.66. The quantitative estimate of drug-likeness (QED) is 0.848. The summed E-state index contributed by atoms with van der Waals surface area (Å²) in [6, 6.07) is 5.60. The van der Waals surface area contributed by atoms with Gasteiger partial charge in [-0.25, -0.2) is 0 Å². The second kappa shape index (κ2) is 5.80. The number of nitrogens with zero attached hydrogens (tertiary/aromatic N) is 1. The van der Waals surface area contributed by atoms with Gasteiger partial charge in [-0.3, -0.25) is 4.90 Å². The largest absolute Gasteiger partial charge is 0.308 e. The Bertz CT molecular complexity index is 297. The fourth-order valence-corrected chi connectivity index (χ4v) is 3.25. The maximum Gasteiger partial charge on any atom is 0.0386 e. The van der Waals surface area contributed by atoms with E-state index in [1.54, 1.807) is 0 Å². The van der Waals surface area contributed by atoms with Gasteiger partial charge in [0.25, 0.3) is 0 Å². The molecule has 0 spiro atoms. The Kier molecular flexibility index (Phi) is 4.38. The van der Waals surface area contributed by atoms with Crippen LogP contribution in [0.1, 0.15) is 37.6 Å². The minimum absolute atomic E-state index is 0.499. The van der Waals surface area contributed by atoms with Crippen LogP contribution in [-0.4, -0.2) is 30.6 Å². The van der Waals surface area contributed by atoms with E-state index in [1.165, 1.54) is 30.8 Å². The lowest BCUT2D eigenvalue weighted by Crippen LogP contribution is -2.38. The molecule has 3 heteroatoms. The molecule has 1 fully saturated rings. The van der Waals surface area contributed by atoms with Crippen LogP contribution < -0.4 is 5.32 Å². The average Bonchev–Trinajstić information content (AvgIpc) is 2.96. The van der Waals surface area contributed by atoms with Crippen LogP contribution in [0.15, 0.2) is 17.5 Å². The van der Waals surface area contributed by atoms with E-state index in [0.717, 1.165) is 12.6 Å². The highest BCUT2D eigenvalue weighted by molar-refractivity contribution is 7.10. The van der Waals surface area contributed by atoms with Gasteiger partial charge >= 0.3 is 0 Å². The molecule has 0 aliphatic carbocycles. The second-order valence-corrected chi connectivity index (χ2v) is 5.55. The lowest BCUT2D eigenvalue weighted by Gasteiger charge is -2.24. The zero-order valence-corrected chi connectivity index (χ0v) is 11.1. The number of nitrogens with one attached hydrogen (secondary N) is 1. The molecule has 0 bridgehead atoms. The van der Waals surface area contributed by atoms with Crippen molar-refractivity contribution < 1.29 is 0 Å². The Balaban J connectivity index is 1.78. The van der Waals surface area contributed by atoms with Gasteiger partial charge in [0, 0.05) is 23.5 Å². The number of likely N-dealkylation sites (tertiary alicyclic amines) is 1. The predicted molar refractivity (Wildman–Crippen MR) is 71.0 cm³/mol. The Morgan fingerprint density at radius 3 is 3.19 bits per heavy atom. The van der Waals surface area contributed by atoms with Gasteiger partial charge in [0.2, 0.25) is 0 Å². The first-order chi connectivity index (χ1) is 7.81. The van der Waals surface area contributed by atoms with Crippen LogP contribution in [0.2, 0.25) is 0 Å². The minimum Gasteiger partial charge on any atom is -0.308 e. The molecular weight excluding hydrogens is 216 g/mol. The molecule has 2 heterocycles. The maximum absolute atomic E-state index is 3.66. The summed E-state index contributed by atoms with van der Waals surface area (Å²) < 4.78 is 0. The molecule has 1 aromatic rings. The first-order valence-electron chi connectivity index (χ1n) is 6.32.